The van der Waals surface area contributed by atoms with Crippen LogP contribution in [0.3, 0.4) is 0 Å². The number of aryl methyl sites for hydroxylation is 1. The fraction of sp³-hybridized carbons (Fsp3) is 0.583. The highest BCUT2D eigenvalue weighted by Crippen LogP contribution is 2.23. The van der Waals surface area contributed by atoms with Crippen molar-refractivity contribution in [2.75, 3.05) is 12.3 Å². The zero-order chi connectivity index (χ0) is 12.0. The standard InChI is InChI=1S/C12H20N2OS/c1-3-4-5-6-7-14-12(15)11-8-10(13)9(2)16-11/h8H,3-7,13H2,1-2H3,(H,14,15). The van der Waals surface area contributed by atoms with Crippen LogP contribution < -0.4 is 11.1 Å². The van der Waals surface area contributed by atoms with Crippen molar-refractivity contribution in [3.05, 3.63) is 15.8 Å². The number of unbranched alkanes of at least 4 members (excludes halogenated alkanes) is 3. The molecular weight excluding hydrogens is 220 g/mol. The number of amides is 1. The summed E-state index contributed by atoms with van der Waals surface area (Å²) in [6, 6.07) is 1.75. The van der Waals surface area contributed by atoms with Gasteiger partial charge in [-0.15, -0.1) is 11.3 Å². The fourth-order valence-corrected chi connectivity index (χ4v) is 2.31. The average molecular weight is 240 g/mol. The summed E-state index contributed by atoms with van der Waals surface area (Å²) in [5, 5.41) is 2.91. The van der Waals surface area contributed by atoms with Crippen LogP contribution in [-0.2, 0) is 0 Å². The van der Waals surface area contributed by atoms with Gasteiger partial charge in [0.15, 0.2) is 0 Å². The maximum Gasteiger partial charge on any atom is 0.261 e. The zero-order valence-corrected chi connectivity index (χ0v) is 10.8. The summed E-state index contributed by atoms with van der Waals surface area (Å²) in [6.45, 7) is 4.86. The van der Waals surface area contributed by atoms with E-state index in [1.54, 1.807) is 6.07 Å². The maximum absolute atomic E-state index is 11.7. The van der Waals surface area contributed by atoms with E-state index in [1.807, 2.05) is 6.92 Å². The van der Waals surface area contributed by atoms with Crippen molar-refractivity contribution in [2.45, 2.75) is 39.5 Å². The van der Waals surface area contributed by atoms with E-state index in [9.17, 15) is 4.79 Å². The van der Waals surface area contributed by atoms with E-state index >= 15 is 0 Å². The first kappa shape index (κ1) is 13.0. The van der Waals surface area contributed by atoms with Crippen molar-refractivity contribution in [2.24, 2.45) is 0 Å². The SMILES string of the molecule is CCCCCCNC(=O)c1cc(N)c(C)s1. The molecule has 1 heterocycles. The molecule has 0 unspecified atom stereocenters. The van der Waals surface area contributed by atoms with E-state index in [4.69, 9.17) is 5.73 Å². The number of nitrogens with two attached hydrogens (primary N) is 1. The van der Waals surface area contributed by atoms with Crippen molar-refractivity contribution in [3.63, 3.8) is 0 Å². The summed E-state index contributed by atoms with van der Waals surface area (Å²) in [5.41, 5.74) is 6.41. The van der Waals surface area contributed by atoms with Crippen LogP contribution in [0.2, 0.25) is 0 Å². The van der Waals surface area contributed by atoms with Gasteiger partial charge in [0.2, 0.25) is 0 Å². The number of carbonyl (C=O) groups is 1. The van der Waals surface area contributed by atoms with Crippen molar-refractivity contribution in [1.29, 1.82) is 0 Å². The molecule has 0 aliphatic heterocycles. The normalized spacial score (nSPS) is 10.4. The minimum absolute atomic E-state index is 0.00120. The predicted octanol–water partition coefficient (Wildman–Crippen LogP) is 2.95. The summed E-state index contributed by atoms with van der Waals surface area (Å²) < 4.78 is 0. The number of rotatable bonds is 6. The Morgan fingerprint density at radius 1 is 1.44 bits per heavy atom. The van der Waals surface area contributed by atoms with Crippen LogP contribution in [-0.4, -0.2) is 12.5 Å². The molecule has 1 rings (SSSR count). The monoisotopic (exact) mass is 240 g/mol. The van der Waals surface area contributed by atoms with Crippen LogP contribution >= 0.6 is 11.3 Å². The highest BCUT2D eigenvalue weighted by Gasteiger charge is 2.09. The van der Waals surface area contributed by atoms with Crippen LogP contribution in [0.25, 0.3) is 0 Å². The first-order valence-electron chi connectivity index (χ1n) is 5.79. The first-order valence-corrected chi connectivity index (χ1v) is 6.61. The minimum atomic E-state index is 0.00120. The number of thiophene rings is 1. The number of nitrogens with one attached hydrogen (secondary N) is 1. The van der Waals surface area contributed by atoms with Crippen LogP contribution in [0.4, 0.5) is 5.69 Å². The molecule has 0 radical (unpaired) electrons. The molecule has 4 heteroatoms. The van der Waals surface area contributed by atoms with Crippen molar-refractivity contribution >= 4 is 22.9 Å². The lowest BCUT2D eigenvalue weighted by molar-refractivity contribution is 0.0957. The van der Waals surface area contributed by atoms with Gasteiger partial charge in [0.05, 0.1) is 4.88 Å². The molecule has 0 fully saturated rings. The second kappa shape index (κ2) is 6.53. The Morgan fingerprint density at radius 3 is 2.75 bits per heavy atom. The van der Waals surface area contributed by atoms with Gasteiger partial charge in [0, 0.05) is 17.1 Å². The molecule has 0 bridgehead atoms. The molecule has 1 amide bonds. The average Bonchev–Trinajstić information content (AvgIpc) is 2.59. The van der Waals surface area contributed by atoms with Crippen LogP contribution in [0.5, 0.6) is 0 Å². The molecule has 16 heavy (non-hydrogen) atoms. The topological polar surface area (TPSA) is 55.1 Å². The summed E-state index contributed by atoms with van der Waals surface area (Å²) in [4.78, 5) is 13.4. The smallest absolute Gasteiger partial charge is 0.261 e. The summed E-state index contributed by atoms with van der Waals surface area (Å²) in [7, 11) is 0. The predicted molar refractivity (Wildman–Crippen MR) is 69.9 cm³/mol. The van der Waals surface area contributed by atoms with Gasteiger partial charge in [0.1, 0.15) is 0 Å². The van der Waals surface area contributed by atoms with Crippen molar-refractivity contribution < 1.29 is 4.79 Å². The van der Waals surface area contributed by atoms with Gasteiger partial charge in [-0.05, 0) is 19.4 Å². The van der Waals surface area contributed by atoms with Crippen molar-refractivity contribution in [1.82, 2.24) is 5.32 Å². The van der Waals surface area contributed by atoms with Gasteiger partial charge in [-0.1, -0.05) is 26.2 Å². The highest BCUT2D eigenvalue weighted by atomic mass is 32.1. The Kier molecular flexibility index (Phi) is 5.32. The Morgan fingerprint density at radius 2 is 2.19 bits per heavy atom. The lowest BCUT2D eigenvalue weighted by Crippen LogP contribution is -2.23. The number of anilines is 1. The second-order valence-electron chi connectivity index (χ2n) is 3.94. The van der Waals surface area contributed by atoms with E-state index in [-0.39, 0.29) is 5.91 Å². The number of carbonyl (C=O) groups excluding carboxylic acids is 1. The molecule has 0 spiro atoms. The van der Waals surface area contributed by atoms with E-state index in [1.165, 1.54) is 30.6 Å². The Labute approximate surface area is 101 Å². The Bertz CT molecular complexity index is 327. The number of hydrogen-bond acceptors (Lipinski definition) is 3. The van der Waals surface area contributed by atoms with E-state index in [0.717, 1.165) is 17.8 Å². The van der Waals surface area contributed by atoms with E-state index in [2.05, 4.69) is 12.2 Å². The highest BCUT2D eigenvalue weighted by molar-refractivity contribution is 7.14. The third-order valence-electron chi connectivity index (χ3n) is 2.50. The molecule has 0 atom stereocenters. The largest absolute Gasteiger partial charge is 0.398 e. The molecule has 0 aliphatic carbocycles. The summed E-state index contributed by atoms with van der Waals surface area (Å²) in [5.74, 6) is 0.00120. The van der Waals surface area contributed by atoms with Crippen LogP contribution in [0.1, 0.15) is 47.2 Å². The van der Waals surface area contributed by atoms with Crippen LogP contribution in [0, 0.1) is 6.92 Å². The maximum atomic E-state index is 11.7. The first-order chi connectivity index (χ1) is 7.65. The fourth-order valence-electron chi connectivity index (χ4n) is 1.45. The Hall–Kier alpha value is -1.03. The minimum Gasteiger partial charge on any atom is -0.398 e. The molecule has 0 aliphatic rings. The van der Waals surface area contributed by atoms with Gasteiger partial charge in [-0.2, -0.15) is 0 Å². The molecule has 3 nitrogen and oxygen atoms in total. The molecule has 3 N–H and O–H groups in total. The second-order valence-corrected chi connectivity index (χ2v) is 5.20. The van der Waals surface area contributed by atoms with Gasteiger partial charge in [0.25, 0.3) is 5.91 Å². The number of nitrogen functional groups attached to an aromatic ring is 1. The summed E-state index contributed by atoms with van der Waals surface area (Å²) >= 11 is 1.45. The van der Waals surface area contributed by atoms with Gasteiger partial charge >= 0.3 is 0 Å². The molecule has 0 saturated carbocycles. The summed E-state index contributed by atoms with van der Waals surface area (Å²) in [6.07, 6.45) is 4.69. The third-order valence-corrected chi connectivity index (χ3v) is 3.56. The Balaban J connectivity index is 2.30. The quantitative estimate of drug-likeness (QED) is 0.751. The van der Waals surface area contributed by atoms with Gasteiger partial charge < -0.3 is 11.1 Å². The van der Waals surface area contributed by atoms with Crippen molar-refractivity contribution in [3.8, 4) is 0 Å². The molecular formula is C12H20N2OS. The molecule has 0 saturated heterocycles. The molecule has 90 valence electrons. The molecule has 1 aromatic heterocycles. The number of hydrogen-bond donors (Lipinski definition) is 2. The molecule has 1 aromatic rings. The van der Waals surface area contributed by atoms with Crippen LogP contribution in [0.15, 0.2) is 6.07 Å². The lowest BCUT2D eigenvalue weighted by atomic mass is 10.2. The van der Waals surface area contributed by atoms with Gasteiger partial charge in [-0.3, -0.25) is 4.79 Å². The molecule has 0 aromatic carbocycles. The van der Waals surface area contributed by atoms with E-state index in [0.29, 0.717) is 10.6 Å². The zero-order valence-electron chi connectivity index (χ0n) is 10.0. The van der Waals surface area contributed by atoms with Gasteiger partial charge in [-0.25, -0.2) is 0 Å². The van der Waals surface area contributed by atoms with E-state index < -0.39 is 0 Å². The lowest BCUT2D eigenvalue weighted by Gasteiger charge is -2.02. The third kappa shape index (κ3) is 3.85.